The van der Waals surface area contributed by atoms with Crippen LogP contribution in [-0.2, 0) is 4.79 Å². The lowest BCUT2D eigenvalue weighted by molar-refractivity contribution is -0.122. The fraction of sp³-hybridized carbons (Fsp3) is 0.211. The van der Waals surface area contributed by atoms with Crippen LogP contribution in [-0.4, -0.2) is 36.5 Å². The number of carbonyl (C=O) groups excluding carboxylic acids is 1. The highest BCUT2D eigenvalue weighted by atomic mass is 19.1. The third-order valence-corrected chi connectivity index (χ3v) is 3.90. The van der Waals surface area contributed by atoms with Crippen molar-refractivity contribution in [3.8, 4) is 28.5 Å². The molecule has 0 spiro atoms. The molecule has 0 fully saturated rings. The van der Waals surface area contributed by atoms with Crippen LogP contribution in [0.25, 0.3) is 11.3 Å². The van der Waals surface area contributed by atoms with Crippen LogP contribution in [0.4, 0.5) is 10.2 Å². The molecule has 2 aromatic carbocycles. The monoisotopic (exact) mass is 387 g/mol. The van der Waals surface area contributed by atoms with Crippen LogP contribution in [0.1, 0.15) is 6.92 Å². The topological polar surface area (TPSA) is 95.7 Å². The first kappa shape index (κ1) is 19.2. The molecule has 8 nitrogen and oxygen atoms in total. The van der Waals surface area contributed by atoms with Crippen molar-refractivity contribution in [1.82, 2.24) is 10.3 Å². The highest BCUT2D eigenvalue weighted by molar-refractivity contribution is 5.96. The predicted octanol–water partition coefficient (Wildman–Crippen LogP) is 3.30. The van der Waals surface area contributed by atoms with Crippen molar-refractivity contribution >= 4 is 11.7 Å². The number of amides is 1. The number of ether oxygens (including phenoxy) is 3. The first-order chi connectivity index (χ1) is 13.5. The molecule has 1 atom stereocenters. The van der Waals surface area contributed by atoms with E-state index in [0.717, 1.165) is 0 Å². The molecule has 0 saturated carbocycles. The summed E-state index contributed by atoms with van der Waals surface area (Å²) in [5.74, 6) is -0.00146. The fourth-order valence-electron chi connectivity index (χ4n) is 2.45. The molecule has 0 saturated heterocycles. The van der Waals surface area contributed by atoms with E-state index in [1.165, 1.54) is 39.3 Å². The highest BCUT2D eigenvalue weighted by Crippen LogP contribution is 2.33. The van der Waals surface area contributed by atoms with E-state index in [9.17, 15) is 9.18 Å². The number of halogens is 1. The van der Waals surface area contributed by atoms with Crippen molar-refractivity contribution in [2.75, 3.05) is 19.5 Å². The molecule has 0 aliphatic heterocycles. The zero-order valence-corrected chi connectivity index (χ0v) is 15.4. The lowest BCUT2D eigenvalue weighted by atomic mass is 10.1. The zero-order valence-electron chi connectivity index (χ0n) is 15.4. The Labute approximate surface area is 160 Å². The Kier molecular flexibility index (Phi) is 5.73. The average molecular weight is 387 g/mol. The van der Waals surface area contributed by atoms with Gasteiger partial charge in [0, 0.05) is 5.56 Å². The summed E-state index contributed by atoms with van der Waals surface area (Å²) in [6.07, 6.45) is -0.980. The third kappa shape index (κ3) is 4.03. The van der Waals surface area contributed by atoms with Crippen molar-refractivity contribution in [3.63, 3.8) is 0 Å². The van der Waals surface area contributed by atoms with Gasteiger partial charge in [0.05, 0.1) is 14.2 Å². The van der Waals surface area contributed by atoms with E-state index in [1.54, 1.807) is 24.3 Å². The van der Waals surface area contributed by atoms with Gasteiger partial charge >= 0.3 is 0 Å². The Morgan fingerprint density at radius 1 is 1.07 bits per heavy atom. The Hall–Kier alpha value is -3.62. The van der Waals surface area contributed by atoms with Crippen LogP contribution in [0.5, 0.6) is 17.2 Å². The van der Waals surface area contributed by atoms with Crippen molar-refractivity contribution in [1.29, 1.82) is 0 Å². The SMILES string of the molecule is COc1ccc(-c2nonc2NC(=O)C(C)Oc2ccccc2F)cc1OC. The summed E-state index contributed by atoms with van der Waals surface area (Å²) >= 11 is 0. The number of nitrogens with one attached hydrogen (secondary N) is 1. The van der Waals surface area contributed by atoms with Crippen molar-refractivity contribution < 1.29 is 28.0 Å². The van der Waals surface area contributed by atoms with Crippen LogP contribution < -0.4 is 19.5 Å². The van der Waals surface area contributed by atoms with E-state index >= 15 is 0 Å². The number of methoxy groups -OCH3 is 2. The number of hydrogen-bond donors (Lipinski definition) is 1. The minimum atomic E-state index is -0.980. The maximum Gasteiger partial charge on any atom is 0.266 e. The number of rotatable bonds is 7. The number of hydrogen-bond acceptors (Lipinski definition) is 7. The van der Waals surface area contributed by atoms with Gasteiger partial charge in [0.1, 0.15) is 0 Å². The first-order valence-corrected chi connectivity index (χ1v) is 8.30. The van der Waals surface area contributed by atoms with E-state index in [2.05, 4.69) is 15.6 Å². The van der Waals surface area contributed by atoms with Gasteiger partial charge in [0.2, 0.25) is 5.82 Å². The van der Waals surface area contributed by atoms with E-state index < -0.39 is 17.8 Å². The van der Waals surface area contributed by atoms with Gasteiger partial charge in [-0.05, 0) is 47.6 Å². The van der Waals surface area contributed by atoms with Crippen LogP contribution in [0.3, 0.4) is 0 Å². The summed E-state index contributed by atoms with van der Waals surface area (Å²) in [5.41, 5.74) is 0.893. The molecular formula is C19H18FN3O5. The number of para-hydroxylation sites is 1. The lowest BCUT2D eigenvalue weighted by Crippen LogP contribution is -2.30. The van der Waals surface area contributed by atoms with E-state index in [4.69, 9.17) is 18.8 Å². The second-order valence-corrected chi connectivity index (χ2v) is 5.71. The van der Waals surface area contributed by atoms with Gasteiger partial charge in [-0.2, -0.15) is 0 Å². The van der Waals surface area contributed by atoms with E-state index in [-0.39, 0.29) is 11.6 Å². The molecule has 1 aromatic heterocycles. The molecule has 1 heterocycles. The molecule has 0 aliphatic carbocycles. The summed E-state index contributed by atoms with van der Waals surface area (Å²) in [7, 11) is 3.03. The Morgan fingerprint density at radius 3 is 2.54 bits per heavy atom. The van der Waals surface area contributed by atoms with Crippen molar-refractivity contribution in [2.24, 2.45) is 0 Å². The molecule has 3 rings (SSSR count). The molecule has 146 valence electrons. The second kappa shape index (κ2) is 8.38. The number of carbonyl (C=O) groups is 1. The molecule has 0 aliphatic rings. The minimum absolute atomic E-state index is 0.0245. The van der Waals surface area contributed by atoms with Gasteiger partial charge in [-0.25, -0.2) is 9.02 Å². The molecule has 9 heteroatoms. The minimum Gasteiger partial charge on any atom is -0.493 e. The fourth-order valence-corrected chi connectivity index (χ4v) is 2.45. The summed E-state index contributed by atoms with van der Waals surface area (Å²) in [6.45, 7) is 1.49. The van der Waals surface area contributed by atoms with Crippen molar-refractivity contribution in [3.05, 3.63) is 48.3 Å². The Morgan fingerprint density at radius 2 is 1.82 bits per heavy atom. The van der Waals surface area contributed by atoms with Crippen LogP contribution in [0.2, 0.25) is 0 Å². The molecule has 3 aromatic rings. The third-order valence-electron chi connectivity index (χ3n) is 3.90. The summed E-state index contributed by atoms with van der Waals surface area (Å²) in [5, 5.41) is 10.1. The standard InChI is InChI=1S/C19H18FN3O5/c1-11(27-14-7-5-4-6-13(14)20)19(24)21-18-17(22-28-23-18)12-8-9-15(25-2)16(10-12)26-3/h4-11H,1-3H3,(H,21,23,24). The summed E-state index contributed by atoms with van der Waals surface area (Å²) in [4.78, 5) is 12.4. The van der Waals surface area contributed by atoms with Gasteiger partial charge < -0.3 is 19.5 Å². The Balaban J connectivity index is 1.77. The lowest BCUT2D eigenvalue weighted by Gasteiger charge is -2.14. The maximum absolute atomic E-state index is 13.7. The molecule has 1 amide bonds. The normalized spacial score (nSPS) is 11.6. The van der Waals surface area contributed by atoms with E-state index in [1.807, 2.05) is 0 Å². The number of anilines is 1. The van der Waals surface area contributed by atoms with Gasteiger partial charge in [0.25, 0.3) is 5.91 Å². The highest BCUT2D eigenvalue weighted by Gasteiger charge is 2.22. The number of benzene rings is 2. The molecule has 1 N–H and O–H groups in total. The van der Waals surface area contributed by atoms with Crippen LogP contribution >= 0.6 is 0 Å². The average Bonchev–Trinajstić information content (AvgIpc) is 3.17. The molecule has 0 bridgehead atoms. The van der Waals surface area contributed by atoms with Gasteiger partial charge in [-0.15, -0.1) is 0 Å². The largest absolute Gasteiger partial charge is 0.493 e. The van der Waals surface area contributed by atoms with Gasteiger partial charge in [0.15, 0.2) is 34.9 Å². The molecule has 0 radical (unpaired) electrons. The second-order valence-electron chi connectivity index (χ2n) is 5.71. The van der Waals surface area contributed by atoms with Crippen LogP contribution in [0.15, 0.2) is 47.1 Å². The maximum atomic E-state index is 13.7. The summed E-state index contributed by atoms with van der Waals surface area (Å²) in [6, 6.07) is 10.9. The van der Waals surface area contributed by atoms with E-state index in [0.29, 0.717) is 22.8 Å². The van der Waals surface area contributed by atoms with Gasteiger partial charge in [-0.1, -0.05) is 12.1 Å². The first-order valence-electron chi connectivity index (χ1n) is 8.30. The van der Waals surface area contributed by atoms with Crippen molar-refractivity contribution in [2.45, 2.75) is 13.0 Å². The molecule has 1 unspecified atom stereocenters. The zero-order chi connectivity index (χ0) is 20.1. The smallest absolute Gasteiger partial charge is 0.266 e. The Bertz CT molecular complexity index is 976. The quantitative estimate of drug-likeness (QED) is 0.664. The van der Waals surface area contributed by atoms with Crippen LogP contribution in [0, 0.1) is 5.82 Å². The summed E-state index contributed by atoms with van der Waals surface area (Å²) < 4.78 is 34.3. The predicted molar refractivity (Wildman–Crippen MR) is 98.0 cm³/mol. The molecular weight excluding hydrogens is 369 g/mol. The number of nitrogens with zero attached hydrogens (tertiary/aromatic N) is 2. The number of aromatic nitrogens is 2. The molecule has 28 heavy (non-hydrogen) atoms. The van der Waals surface area contributed by atoms with Gasteiger partial charge in [-0.3, -0.25) is 4.79 Å².